The Morgan fingerprint density at radius 1 is 0.607 bits per heavy atom. The average molecular weight is 772 g/mol. The summed E-state index contributed by atoms with van der Waals surface area (Å²) in [6.45, 7) is -0.792. The lowest BCUT2D eigenvalue weighted by Gasteiger charge is -2.43. The lowest BCUT2D eigenvalue weighted by Crippen LogP contribution is -2.63. The number of anilines is 3. The van der Waals surface area contributed by atoms with E-state index in [4.69, 9.17) is 23.7 Å². The minimum atomic E-state index is -4.61. The zero-order valence-corrected chi connectivity index (χ0v) is 29.6. The number of rotatable bonds is 10. The number of alkyl halides is 3. The van der Waals surface area contributed by atoms with E-state index < -0.39 is 67.3 Å². The van der Waals surface area contributed by atoms with Crippen molar-refractivity contribution in [2.45, 2.75) is 36.9 Å². The Balaban J connectivity index is 1.29. The molecule has 12 nitrogen and oxygen atoms in total. The molecule has 0 saturated carbocycles. The molecule has 0 aromatic heterocycles. The van der Waals surface area contributed by atoms with E-state index in [1.54, 1.807) is 48.5 Å². The van der Waals surface area contributed by atoms with Gasteiger partial charge in [0.2, 0.25) is 0 Å². The van der Waals surface area contributed by atoms with Crippen LogP contribution in [-0.4, -0.2) is 67.8 Å². The van der Waals surface area contributed by atoms with Gasteiger partial charge in [0, 0.05) is 23.9 Å². The Morgan fingerprint density at radius 3 is 1.54 bits per heavy atom. The highest BCUT2D eigenvalue weighted by molar-refractivity contribution is 5.93. The number of carbonyl (C=O) groups is 3. The molecule has 1 aliphatic rings. The van der Waals surface area contributed by atoms with Gasteiger partial charge in [0.15, 0.2) is 24.6 Å². The summed E-state index contributed by atoms with van der Waals surface area (Å²) >= 11 is 0. The molecule has 3 amide bonds. The molecule has 0 spiro atoms. The Hall–Kier alpha value is -6.42. The number of amides is 3. The van der Waals surface area contributed by atoms with Crippen LogP contribution in [0.1, 0.15) is 5.56 Å². The fraction of sp³-hybridized carbons (Fsp3) is 0.195. The molecular formula is C41H36F3N3O9. The van der Waals surface area contributed by atoms with Crippen molar-refractivity contribution in [3.8, 4) is 22.3 Å². The predicted molar refractivity (Wildman–Crippen MR) is 200 cm³/mol. The van der Waals surface area contributed by atoms with Crippen LogP contribution in [0, 0.1) is 0 Å². The van der Waals surface area contributed by atoms with Gasteiger partial charge in [-0.15, -0.1) is 0 Å². The molecule has 6 rings (SSSR count). The number of hydrogen-bond acceptors (Lipinski definition) is 9. The first-order valence-electron chi connectivity index (χ1n) is 17.2. The molecule has 5 atom stereocenters. The van der Waals surface area contributed by atoms with Crippen LogP contribution in [0.15, 0.2) is 133 Å². The van der Waals surface area contributed by atoms with Crippen LogP contribution < -0.4 is 16.0 Å². The monoisotopic (exact) mass is 771 g/mol. The first-order chi connectivity index (χ1) is 27.0. The van der Waals surface area contributed by atoms with Crippen LogP contribution in [0.4, 0.5) is 44.6 Å². The number of carbonyl (C=O) groups excluding carboxylic acids is 3. The number of ether oxygens (including phenoxy) is 5. The zero-order chi connectivity index (χ0) is 39.7. The van der Waals surface area contributed by atoms with E-state index in [9.17, 15) is 32.7 Å². The average Bonchev–Trinajstić information content (AvgIpc) is 3.20. The van der Waals surface area contributed by atoms with Gasteiger partial charge in [0.25, 0.3) is 0 Å². The largest absolute Gasteiger partial charge is 0.439 e. The molecule has 4 N–H and O–H groups in total. The summed E-state index contributed by atoms with van der Waals surface area (Å²) in [5.74, 6) is 0. The Bertz CT molecular complexity index is 2100. The summed E-state index contributed by atoms with van der Waals surface area (Å²) < 4.78 is 68.0. The van der Waals surface area contributed by atoms with Gasteiger partial charge in [-0.3, -0.25) is 16.0 Å². The van der Waals surface area contributed by atoms with Crippen molar-refractivity contribution in [1.29, 1.82) is 0 Å². The highest BCUT2D eigenvalue weighted by atomic mass is 19.4. The molecule has 0 radical (unpaired) electrons. The molecule has 5 aromatic carbocycles. The van der Waals surface area contributed by atoms with Crippen molar-refractivity contribution >= 4 is 35.3 Å². The molecule has 290 valence electrons. The number of aliphatic hydroxyl groups excluding tert-OH is 1. The van der Waals surface area contributed by atoms with Crippen molar-refractivity contribution in [2.24, 2.45) is 0 Å². The highest BCUT2D eigenvalue weighted by Gasteiger charge is 2.53. The molecule has 1 aliphatic heterocycles. The van der Waals surface area contributed by atoms with Crippen molar-refractivity contribution in [2.75, 3.05) is 29.7 Å². The van der Waals surface area contributed by atoms with E-state index >= 15 is 0 Å². The summed E-state index contributed by atoms with van der Waals surface area (Å²) in [5.41, 5.74) is 2.61. The van der Waals surface area contributed by atoms with Crippen LogP contribution in [0.3, 0.4) is 0 Å². The summed E-state index contributed by atoms with van der Waals surface area (Å²) in [7, 11) is 1.23. The maximum atomic E-state index is 13.7. The summed E-state index contributed by atoms with van der Waals surface area (Å²) in [4.78, 5) is 40.6. The lowest BCUT2D eigenvalue weighted by molar-refractivity contribution is -0.290. The Labute approximate surface area is 319 Å². The lowest BCUT2D eigenvalue weighted by atomic mass is 9.98. The maximum Gasteiger partial charge on any atom is 0.416 e. The number of aliphatic hydroxyl groups is 1. The third kappa shape index (κ3) is 9.62. The van der Waals surface area contributed by atoms with E-state index in [2.05, 4.69) is 16.0 Å². The van der Waals surface area contributed by atoms with Crippen molar-refractivity contribution < 1.29 is 56.3 Å². The van der Waals surface area contributed by atoms with E-state index in [1.807, 2.05) is 60.7 Å². The van der Waals surface area contributed by atoms with Crippen molar-refractivity contribution in [3.05, 3.63) is 139 Å². The molecule has 1 fully saturated rings. The molecule has 0 unspecified atom stereocenters. The van der Waals surface area contributed by atoms with E-state index in [0.717, 1.165) is 35.4 Å². The van der Waals surface area contributed by atoms with Gasteiger partial charge < -0.3 is 28.8 Å². The fourth-order valence-corrected chi connectivity index (χ4v) is 6.08. The van der Waals surface area contributed by atoms with E-state index in [-0.39, 0.29) is 5.69 Å². The minimum Gasteiger partial charge on any atom is -0.439 e. The standard InChI is InChI=1S/C41H36F3N3O9/c1-52-37-36(56-40(51)47-32-19-11-9-17-30(32)26-14-6-3-7-15-26)35(55-39(50)46-31-18-10-8-16-29(31)25-12-4-2-5-13-25)34(33(24-48)53-37)54-38(49)45-28-22-20-27(21-23-28)41(42,43)44/h2-23,33-37,48H,24H2,1H3,(H,45,49)(H,46,50)(H,47,51)/t33-,34-,35+,36-,37+/m1/s1. The van der Waals surface area contributed by atoms with Crippen LogP contribution in [0.25, 0.3) is 22.3 Å². The molecule has 5 aromatic rings. The summed E-state index contributed by atoms with van der Waals surface area (Å²) in [6, 6.07) is 35.8. The predicted octanol–water partition coefficient (Wildman–Crippen LogP) is 8.55. The molecule has 15 heteroatoms. The first kappa shape index (κ1) is 39.3. The second kappa shape index (κ2) is 17.8. The van der Waals surface area contributed by atoms with Gasteiger partial charge in [-0.05, 0) is 47.5 Å². The normalized spacial score (nSPS) is 19.3. The number of benzene rings is 5. The fourth-order valence-electron chi connectivity index (χ4n) is 6.08. The van der Waals surface area contributed by atoms with Crippen LogP contribution in [0.5, 0.6) is 0 Å². The van der Waals surface area contributed by atoms with Crippen LogP contribution in [-0.2, 0) is 29.9 Å². The molecule has 1 saturated heterocycles. The molecule has 1 heterocycles. The van der Waals surface area contributed by atoms with E-state index in [1.165, 1.54) is 7.11 Å². The number of halogens is 3. The van der Waals surface area contributed by atoms with Gasteiger partial charge in [-0.1, -0.05) is 97.1 Å². The third-order valence-electron chi connectivity index (χ3n) is 8.69. The molecular weight excluding hydrogens is 735 g/mol. The molecule has 0 bridgehead atoms. The Morgan fingerprint density at radius 2 is 1.05 bits per heavy atom. The number of hydrogen-bond donors (Lipinski definition) is 4. The summed E-state index contributed by atoms with van der Waals surface area (Å²) in [6.07, 6.45) is -15.8. The quantitative estimate of drug-likeness (QED) is 0.102. The van der Waals surface area contributed by atoms with Crippen LogP contribution >= 0.6 is 0 Å². The SMILES string of the molecule is CO[C@H]1O[C@H](CO)[C@@H](OC(=O)Nc2ccc(C(F)(F)F)cc2)[C@H](OC(=O)Nc2ccccc2-c2ccccc2)[C@H]1OC(=O)Nc1ccccc1-c1ccccc1. The number of nitrogens with one attached hydrogen (secondary N) is 3. The van der Waals surface area contributed by atoms with Gasteiger partial charge >= 0.3 is 24.5 Å². The smallest absolute Gasteiger partial charge is 0.416 e. The van der Waals surface area contributed by atoms with Gasteiger partial charge in [0.1, 0.15) is 6.10 Å². The minimum absolute atomic E-state index is 0.0629. The Kier molecular flexibility index (Phi) is 12.5. The first-order valence-corrected chi connectivity index (χ1v) is 17.2. The topological polar surface area (TPSA) is 154 Å². The van der Waals surface area contributed by atoms with Crippen molar-refractivity contribution in [1.82, 2.24) is 0 Å². The summed E-state index contributed by atoms with van der Waals surface area (Å²) in [5, 5.41) is 18.0. The zero-order valence-electron chi connectivity index (χ0n) is 29.6. The maximum absolute atomic E-state index is 13.7. The highest BCUT2D eigenvalue weighted by Crippen LogP contribution is 2.34. The van der Waals surface area contributed by atoms with Gasteiger partial charge in [-0.25, -0.2) is 14.4 Å². The van der Waals surface area contributed by atoms with Crippen LogP contribution in [0.2, 0.25) is 0 Å². The molecule has 56 heavy (non-hydrogen) atoms. The third-order valence-corrected chi connectivity index (χ3v) is 8.69. The van der Waals surface area contributed by atoms with Gasteiger partial charge in [-0.2, -0.15) is 13.2 Å². The van der Waals surface area contributed by atoms with Gasteiger partial charge in [0.05, 0.1) is 23.5 Å². The second-order valence-corrected chi connectivity index (χ2v) is 12.3. The van der Waals surface area contributed by atoms with E-state index in [0.29, 0.717) is 22.5 Å². The van der Waals surface area contributed by atoms with Crippen molar-refractivity contribution in [3.63, 3.8) is 0 Å². The molecule has 0 aliphatic carbocycles. The second-order valence-electron chi connectivity index (χ2n) is 12.3. The number of methoxy groups -OCH3 is 1. The number of para-hydroxylation sites is 2.